The van der Waals surface area contributed by atoms with Crippen LogP contribution >= 0.6 is 15.9 Å². The first-order valence-electron chi connectivity index (χ1n) is 9.02. The molecule has 6 nitrogen and oxygen atoms in total. The molecule has 4 rings (SSSR count). The quantitative estimate of drug-likeness (QED) is 0.657. The molecular weight excluding hydrogens is 410 g/mol. The molecule has 1 fully saturated rings. The van der Waals surface area contributed by atoms with Gasteiger partial charge in [-0.15, -0.1) is 0 Å². The van der Waals surface area contributed by atoms with Gasteiger partial charge in [-0.05, 0) is 64.8 Å². The predicted octanol–water partition coefficient (Wildman–Crippen LogP) is 4.01. The van der Waals surface area contributed by atoms with Crippen LogP contribution in [-0.4, -0.2) is 34.8 Å². The van der Waals surface area contributed by atoms with Gasteiger partial charge < -0.3 is 19.6 Å². The number of H-pyrrole nitrogens is 1. The van der Waals surface area contributed by atoms with Crippen molar-refractivity contribution < 1.29 is 14.0 Å². The number of piperidine rings is 1. The van der Waals surface area contributed by atoms with Crippen LogP contribution in [0.25, 0.3) is 10.9 Å². The van der Waals surface area contributed by atoms with Crippen molar-refractivity contribution >= 4 is 38.6 Å². The Hall–Kier alpha value is -2.54. The minimum Gasteiger partial charge on any atom is -0.444 e. The third kappa shape index (κ3) is 3.78. The van der Waals surface area contributed by atoms with Crippen molar-refractivity contribution in [1.29, 1.82) is 0 Å². The number of nitrogens with one attached hydrogen (secondary N) is 2. The number of hydrogen-bond donors (Lipinski definition) is 2. The van der Waals surface area contributed by atoms with Crippen molar-refractivity contribution in [3.8, 4) is 0 Å². The fourth-order valence-electron chi connectivity index (χ4n) is 3.61. The minimum atomic E-state index is -0.395. The SMILES string of the molecule is O=C(NCC(=O)N1CCCC[C@H]1c1cc2ccccc2[nH]1)c1ccc(Br)o1. The summed E-state index contributed by atoms with van der Waals surface area (Å²) < 4.78 is 5.70. The van der Waals surface area contributed by atoms with E-state index in [-0.39, 0.29) is 24.3 Å². The van der Waals surface area contributed by atoms with Gasteiger partial charge in [-0.3, -0.25) is 9.59 Å². The molecule has 7 heteroatoms. The molecule has 0 aliphatic carbocycles. The van der Waals surface area contributed by atoms with E-state index >= 15 is 0 Å². The van der Waals surface area contributed by atoms with Gasteiger partial charge in [0.1, 0.15) is 0 Å². The van der Waals surface area contributed by atoms with Crippen LogP contribution in [0.5, 0.6) is 0 Å². The largest absolute Gasteiger partial charge is 0.444 e. The van der Waals surface area contributed by atoms with E-state index in [1.165, 1.54) is 0 Å². The first-order chi connectivity index (χ1) is 13.1. The lowest BCUT2D eigenvalue weighted by Crippen LogP contribution is -2.44. The maximum Gasteiger partial charge on any atom is 0.287 e. The number of rotatable bonds is 4. The molecule has 1 saturated heterocycles. The van der Waals surface area contributed by atoms with E-state index in [0.29, 0.717) is 11.2 Å². The Morgan fingerprint density at radius 3 is 2.85 bits per heavy atom. The van der Waals surface area contributed by atoms with Gasteiger partial charge in [0.15, 0.2) is 10.4 Å². The summed E-state index contributed by atoms with van der Waals surface area (Å²) in [4.78, 5) is 30.2. The Kier molecular flexibility index (Phi) is 5.03. The van der Waals surface area contributed by atoms with Gasteiger partial charge in [0.2, 0.25) is 5.91 Å². The molecule has 1 atom stereocenters. The molecule has 1 aliphatic rings. The van der Waals surface area contributed by atoms with Gasteiger partial charge in [0, 0.05) is 17.8 Å². The average molecular weight is 430 g/mol. The van der Waals surface area contributed by atoms with Gasteiger partial charge in [0.25, 0.3) is 5.91 Å². The molecule has 0 radical (unpaired) electrons. The molecule has 0 saturated carbocycles. The first kappa shape index (κ1) is 17.9. The van der Waals surface area contributed by atoms with Crippen molar-refractivity contribution in [2.24, 2.45) is 0 Å². The molecule has 0 unspecified atom stereocenters. The van der Waals surface area contributed by atoms with Crippen LogP contribution in [0.15, 0.2) is 51.6 Å². The summed E-state index contributed by atoms with van der Waals surface area (Å²) in [5.41, 5.74) is 2.12. The maximum atomic E-state index is 12.8. The van der Waals surface area contributed by atoms with Gasteiger partial charge in [-0.1, -0.05) is 18.2 Å². The van der Waals surface area contributed by atoms with E-state index in [2.05, 4.69) is 38.4 Å². The Morgan fingerprint density at radius 2 is 2.07 bits per heavy atom. The Balaban J connectivity index is 1.46. The number of aromatic amines is 1. The molecule has 1 aliphatic heterocycles. The molecule has 3 aromatic rings. The summed E-state index contributed by atoms with van der Waals surface area (Å²) >= 11 is 3.17. The molecular formula is C20H20BrN3O3. The molecule has 0 spiro atoms. The monoisotopic (exact) mass is 429 g/mol. The van der Waals surface area contributed by atoms with Crippen LogP contribution < -0.4 is 5.32 Å². The molecule has 0 bridgehead atoms. The van der Waals surface area contributed by atoms with Crippen LogP contribution in [0, 0.1) is 0 Å². The number of amides is 2. The van der Waals surface area contributed by atoms with Gasteiger partial charge in [-0.2, -0.15) is 0 Å². The Bertz CT molecular complexity index is 945. The highest BCUT2D eigenvalue weighted by Crippen LogP contribution is 2.32. The Morgan fingerprint density at radius 1 is 1.22 bits per heavy atom. The molecule has 1 aromatic carbocycles. The molecule has 2 N–H and O–H groups in total. The van der Waals surface area contributed by atoms with E-state index < -0.39 is 5.91 Å². The van der Waals surface area contributed by atoms with Gasteiger partial charge >= 0.3 is 0 Å². The number of furan rings is 1. The van der Waals surface area contributed by atoms with E-state index in [1.807, 2.05) is 23.1 Å². The average Bonchev–Trinajstić information content (AvgIpc) is 3.32. The van der Waals surface area contributed by atoms with E-state index in [0.717, 1.165) is 35.9 Å². The zero-order chi connectivity index (χ0) is 18.8. The van der Waals surface area contributed by atoms with Gasteiger partial charge in [-0.25, -0.2) is 0 Å². The number of likely N-dealkylation sites (tertiary alicyclic amines) is 1. The van der Waals surface area contributed by atoms with E-state index in [9.17, 15) is 9.59 Å². The highest BCUT2D eigenvalue weighted by molar-refractivity contribution is 9.10. The summed E-state index contributed by atoms with van der Waals surface area (Å²) in [5.74, 6) is -0.300. The summed E-state index contributed by atoms with van der Waals surface area (Å²) in [6.45, 7) is 0.648. The lowest BCUT2D eigenvalue weighted by Gasteiger charge is -2.35. The highest BCUT2D eigenvalue weighted by Gasteiger charge is 2.29. The second-order valence-corrected chi connectivity index (χ2v) is 7.48. The third-order valence-corrected chi connectivity index (χ3v) is 5.36. The summed E-state index contributed by atoms with van der Waals surface area (Å²) in [5, 5.41) is 3.79. The van der Waals surface area contributed by atoms with Crippen molar-refractivity contribution in [3.63, 3.8) is 0 Å². The lowest BCUT2D eigenvalue weighted by atomic mass is 9.99. The highest BCUT2D eigenvalue weighted by atomic mass is 79.9. The number of aromatic nitrogens is 1. The number of nitrogens with zero attached hydrogens (tertiary/aromatic N) is 1. The standard InChI is InChI=1S/C20H20BrN3O3/c21-18-9-8-17(27-18)20(26)22-12-19(25)24-10-4-3-7-16(24)15-11-13-5-1-2-6-14(13)23-15/h1-2,5-6,8-9,11,16,23H,3-4,7,10,12H2,(H,22,26)/t16-/m0/s1. The van der Waals surface area contributed by atoms with Gasteiger partial charge in [0.05, 0.1) is 12.6 Å². The number of fused-ring (bicyclic) bond motifs is 1. The molecule has 27 heavy (non-hydrogen) atoms. The number of halogens is 1. The molecule has 2 aromatic heterocycles. The first-order valence-corrected chi connectivity index (χ1v) is 9.82. The van der Waals surface area contributed by atoms with Crippen LogP contribution in [0.4, 0.5) is 0 Å². The minimum absolute atomic E-state index is 0.00769. The van der Waals surface area contributed by atoms with E-state index in [4.69, 9.17) is 4.42 Å². The number of benzene rings is 1. The number of hydrogen-bond acceptors (Lipinski definition) is 3. The number of carbonyl (C=O) groups excluding carboxylic acids is 2. The van der Waals surface area contributed by atoms with Crippen molar-refractivity contribution in [3.05, 3.63) is 58.6 Å². The lowest BCUT2D eigenvalue weighted by molar-refractivity contribution is -0.134. The number of para-hydroxylation sites is 1. The smallest absolute Gasteiger partial charge is 0.287 e. The third-order valence-electron chi connectivity index (χ3n) is 4.93. The normalized spacial score (nSPS) is 17.2. The molecule has 140 valence electrons. The second kappa shape index (κ2) is 7.60. The van der Waals surface area contributed by atoms with E-state index in [1.54, 1.807) is 12.1 Å². The second-order valence-electron chi connectivity index (χ2n) is 6.70. The van der Waals surface area contributed by atoms with Crippen molar-refractivity contribution in [2.75, 3.05) is 13.1 Å². The van der Waals surface area contributed by atoms with Crippen LogP contribution in [-0.2, 0) is 4.79 Å². The van der Waals surface area contributed by atoms with Crippen molar-refractivity contribution in [1.82, 2.24) is 15.2 Å². The predicted molar refractivity (Wildman–Crippen MR) is 105 cm³/mol. The van der Waals surface area contributed by atoms with Crippen molar-refractivity contribution in [2.45, 2.75) is 25.3 Å². The number of carbonyl (C=O) groups is 2. The van der Waals surface area contributed by atoms with Crippen LogP contribution in [0.3, 0.4) is 0 Å². The summed E-state index contributed by atoms with van der Waals surface area (Å²) in [7, 11) is 0. The van der Waals surface area contributed by atoms with Crippen LogP contribution in [0.1, 0.15) is 41.6 Å². The zero-order valence-electron chi connectivity index (χ0n) is 14.7. The molecule has 3 heterocycles. The summed E-state index contributed by atoms with van der Waals surface area (Å²) in [6, 6.07) is 13.4. The topological polar surface area (TPSA) is 78.3 Å². The zero-order valence-corrected chi connectivity index (χ0v) is 16.3. The molecule has 2 amide bonds. The van der Waals surface area contributed by atoms with Crippen LogP contribution in [0.2, 0.25) is 0 Å². The summed E-state index contributed by atoms with van der Waals surface area (Å²) in [6.07, 6.45) is 2.97. The maximum absolute atomic E-state index is 12.8. The fraction of sp³-hybridized carbons (Fsp3) is 0.300. The fourth-order valence-corrected chi connectivity index (χ4v) is 3.92. The Labute approximate surface area is 165 Å².